The third-order valence-electron chi connectivity index (χ3n) is 1.03. The molecule has 1 rings (SSSR count). The average Bonchev–Trinajstić information content (AvgIpc) is 1.91. The summed E-state index contributed by atoms with van der Waals surface area (Å²) in [4.78, 5) is 20.3. The molecule has 38 valence electrons. The summed E-state index contributed by atoms with van der Waals surface area (Å²) in [5.74, 6) is -0.264. The van der Waals surface area contributed by atoms with Crippen LogP contribution in [0.15, 0.2) is 0 Å². The summed E-state index contributed by atoms with van der Waals surface area (Å²) in [6.07, 6.45) is 1.19. The number of nitroso groups, excluding NO2 is 1. The van der Waals surface area contributed by atoms with E-state index < -0.39 is 0 Å². The largest absolute Gasteiger partial charge is 0.433 e. The molecule has 0 bridgehead atoms. The van der Waals surface area contributed by atoms with Gasteiger partial charge in [0.05, 0.1) is 11.2 Å². The molecule has 0 aromatic carbocycles. The van der Waals surface area contributed by atoms with Crippen molar-refractivity contribution in [3.63, 3.8) is 0 Å². The zero-order chi connectivity index (χ0) is 5.28. The summed E-state index contributed by atoms with van der Waals surface area (Å²) in [6.45, 7) is 0.402. The van der Waals surface area contributed by atoms with Crippen molar-refractivity contribution in [3.8, 4) is 0 Å². The van der Waals surface area contributed by atoms with Gasteiger partial charge in [0.1, 0.15) is 0 Å². The van der Waals surface area contributed by atoms with Gasteiger partial charge in [-0.2, -0.15) is 0 Å². The van der Waals surface area contributed by atoms with E-state index in [0.717, 1.165) is 6.42 Å². The summed E-state index contributed by atoms with van der Waals surface area (Å²) >= 11 is 0. The smallest absolute Gasteiger partial charge is 0.215 e. The minimum atomic E-state index is -0.264. The highest BCUT2D eigenvalue weighted by Gasteiger charge is 2.28. The number of nitrogens with zero attached hydrogens (tertiary/aromatic N) is 1. The van der Waals surface area contributed by atoms with Gasteiger partial charge in [-0.15, -0.1) is 0 Å². The van der Waals surface area contributed by atoms with Crippen LogP contribution in [0.4, 0.5) is 0 Å². The number of carbonyl (C=O) groups excluding carboxylic acids is 1. The number of amides is 1. The van der Waals surface area contributed by atoms with Crippen LogP contribution >= 0.6 is 0 Å². The van der Waals surface area contributed by atoms with Gasteiger partial charge in [0.25, 0.3) is 0 Å². The molecule has 1 amide bonds. The maximum atomic E-state index is 10.2. The normalized spacial score (nSPS) is 21.1. The summed E-state index contributed by atoms with van der Waals surface area (Å²) in [7, 11) is 0. The molecule has 1 saturated heterocycles. The maximum Gasteiger partial charge on any atom is 0.433 e. The van der Waals surface area contributed by atoms with Crippen LogP contribution in [0.5, 0.6) is 0 Å². The molecule has 3 heteroatoms. The van der Waals surface area contributed by atoms with Crippen LogP contribution in [-0.2, 0) is 4.79 Å². The Labute approximate surface area is 40.9 Å². The summed E-state index contributed by atoms with van der Waals surface area (Å²) in [6, 6.07) is 0. The van der Waals surface area contributed by atoms with Crippen LogP contribution < -0.4 is 0 Å². The molecule has 0 aromatic rings. The molecule has 0 aromatic heterocycles. The Hall–Kier alpha value is -0.730. The second kappa shape index (κ2) is 1.40. The minimum absolute atomic E-state index is 0.264. The van der Waals surface area contributed by atoms with Crippen LogP contribution in [0, 0.1) is 4.91 Å². The quantitative estimate of drug-likeness (QED) is 0.404. The molecular weight excluding hydrogens is 94.0 g/mol. The molecule has 0 radical (unpaired) electrons. The van der Waals surface area contributed by atoms with Crippen LogP contribution in [0.2, 0.25) is 0 Å². The lowest BCUT2D eigenvalue weighted by Crippen LogP contribution is -2.06. The molecular formula is C4H6NO2+. The van der Waals surface area contributed by atoms with E-state index in [-0.39, 0.29) is 5.91 Å². The third-order valence-corrected chi connectivity index (χ3v) is 1.03. The van der Waals surface area contributed by atoms with Crippen molar-refractivity contribution in [1.82, 2.24) is 0 Å². The van der Waals surface area contributed by atoms with Crippen molar-refractivity contribution in [1.29, 1.82) is 0 Å². The van der Waals surface area contributed by atoms with Crippen LogP contribution in [0.25, 0.3) is 0 Å². The summed E-state index contributed by atoms with van der Waals surface area (Å²) in [5.41, 5.74) is 0. The van der Waals surface area contributed by atoms with Gasteiger partial charge in [-0.1, -0.05) is 0 Å². The van der Waals surface area contributed by atoms with Gasteiger partial charge in [-0.3, -0.25) is 0 Å². The SMILES string of the molecule is O=C1CCC[N+]1=O. The Kier molecular flexibility index (Phi) is 0.889. The molecule has 0 saturated carbocycles. The molecule has 1 aliphatic rings. The van der Waals surface area contributed by atoms with Crippen LogP contribution in [0.3, 0.4) is 0 Å². The first kappa shape index (κ1) is 4.43. The molecule has 0 atom stereocenters. The van der Waals surface area contributed by atoms with E-state index in [0.29, 0.717) is 17.7 Å². The fraction of sp³-hybridized carbons (Fsp3) is 0.750. The first-order chi connectivity index (χ1) is 3.30. The topological polar surface area (TPSA) is 37.1 Å². The fourth-order valence-corrected chi connectivity index (χ4v) is 0.623. The van der Waals surface area contributed by atoms with E-state index in [9.17, 15) is 9.70 Å². The molecule has 7 heavy (non-hydrogen) atoms. The van der Waals surface area contributed by atoms with E-state index in [4.69, 9.17) is 0 Å². The molecule has 1 heterocycles. The second-order valence-electron chi connectivity index (χ2n) is 1.60. The Bertz CT molecular complexity index is 105. The molecule has 0 spiro atoms. The first-order valence-electron chi connectivity index (χ1n) is 2.28. The Balaban J connectivity index is 2.65. The van der Waals surface area contributed by atoms with Crippen molar-refractivity contribution >= 4 is 5.91 Å². The highest BCUT2D eigenvalue weighted by molar-refractivity contribution is 5.68. The van der Waals surface area contributed by atoms with E-state index in [2.05, 4.69) is 0 Å². The van der Waals surface area contributed by atoms with Crippen molar-refractivity contribution in [3.05, 3.63) is 4.91 Å². The van der Waals surface area contributed by atoms with Crippen LogP contribution in [0.1, 0.15) is 12.8 Å². The predicted molar refractivity (Wildman–Crippen MR) is 22.7 cm³/mol. The predicted octanol–water partition coefficient (Wildman–Crippen LogP) is 0.0857. The van der Waals surface area contributed by atoms with Crippen LogP contribution in [-0.4, -0.2) is 17.2 Å². The van der Waals surface area contributed by atoms with Crippen molar-refractivity contribution < 1.29 is 9.55 Å². The monoisotopic (exact) mass is 100 g/mol. The third kappa shape index (κ3) is 0.656. The van der Waals surface area contributed by atoms with Gasteiger partial charge in [0.15, 0.2) is 0 Å². The highest BCUT2D eigenvalue weighted by Crippen LogP contribution is 2.01. The Morgan fingerprint density at radius 2 is 2.29 bits per heavy atom. The Morgan fingerprint density at radius 1 is 1.57 bits per heavy atom. The zero-order valence-electron chi connectivity index (χ0n) is 3.89. The van der Waals surface area contributed by atoms with Crippen molar-refractivity contribution in [2.24, 2.45) is 0 Å². The number of hydrogen-bond acceptors (Lipinski definition) is 2. The van der Waals surface area contributed by atoms with Crippen molar-refractivity contribution in [2.75, 3.05) is 6.54 Å². The van der Waals surface area contributed by atoms with E-state index in [1.807, 2.05) is 0 Å². The van der Waals surface area contributed by atoms with E-state index in [1.54, 1.807) is 0 Å². The van der Waals surface area contributed by atoms with Gasteiger partial charge >= 0.3 is 5.91 Å². The number of carbonyl (C=O) groups is 1. The van der Waals surface area contributed by atoms with Gasteiger partial charge in [0.2, 0.25) is 6.54 Å². The lowest BCUT2D eigenvalue weighted by atomic mass is 10.4. The van der Waals surface area contributed by atoms with E-state index >= 15 is 0 Å². The summed E-state index contributed by atoms with van der Waals surface area (Å²) < 4.78 is 0.514. The fourth-order valence-electron chi connectivity index (χ4n) is 0.623. The van der Waals surface area contributed by atoms with Crippen molar-refractivity contribution in [2.45, 2.75) is 12.8 Å². The molecule has 0 N–H and O–H groups in total. The molecule has 1 aliphatic heterocycles. The Morgan fingerprint density at radius 3 is 2.43 bits per heavy atom. The number of hydrogen-bond donors (Lipinski definition) is 0. The number of rotatable bonds is 0. The van der Waals surface area contributed by atoms with E-state index in [1.165, 1.54) is 0 Å². The second-order valence-corrected chi connectivity index (χ2v) is 1.60. The lowest BCUT2D eigenvalue weighted by molar-refractivity contribution is -0.453. The van der Waals surface area contributed by atoms with Gasteiger partial charge < -0.3 is 0 Å². The molecule has 0 unspecified atom stereocenters. The standard InChI is InChI=1S/C4H6NO2/c6-4-2-1-3-5(4)7/h1-3H2/q+1. The van der Waals surface area contributed by atoms with Gasteiger partial charge in [0, 0.05) is 11.3 Å². The first-order valence-corrected chi connectivity index (χ1v) is 2.28. The lowest BCUT2D eigenvalue weighted by Gasteiger charge is -1.64. The molecule has 1 fully saturated rings. The molecule has 3 nitrogen and oxygen atoms in total. The highest BCUT2D eigenvalue weighted by atomic mass is 16.3. The van der Waals surface area contributed by atoms with Gasteiger partial charge in [-0.05, 0) is 0 Å². The minimum Gasteiger partial charge on any atom is -0.215 e. The maximum absolute atomic E-state index is 10.2. The average molecular weight is 100 g/mol. The summed E-state index contributed by atoms with van der Waals surface area (Å²) in [5, 5.41) is 0. The van der Waals surface area contributed by atoms with Gasteiger partial charge in [-0.25, -0.2) is 4.79 Å². The molecule has 0 aliphatic carbocycles. The zero-order valence-corrected chi connectivity index (χ0v) is 3.89.